The number of nitrogens with zero attached hydrogens (tertiary/aromatic N) is 1. The maximum atomic E-state index is 12.6. The number of rotatable bonds is 9. The first-order chi connectivity index (χ1) is 13.5. The minimum atomic E-state index is -0.319. The molecule has 0 aliphatic carbocycles. The van der Waals surface area contributed by atoms with Crippen LogP contribution < -0.4 is 20.7 Å². The Hall–Kier alpha value is -3.32. The van der Waals surface area contributed by atoms with E-state index in [1.165, 1.54) is 0 Å². The average molecular weight is 382 g/mol. The Morgan fingerprint density at radius 2 is 1.68 bits per heavy atom. The van der Waals surface area contributed by atoms with Gasteiger partial charge in [0, 0.05) is 24.5 Å². The Bertz CT molecular complexity index is 804. The van der Waals surface area contributed by atoms with Crippen molar-refractivity contribution in [2.24, 2.45) is 0 Å². The second-order valence-electron chi connectivity index (χ2n) is 6.30. The Balaban J connectivity index is 1.97. The number of para-hydroxylation sites is 1. The van der Waals surface area contributed by atoms with Crippen LogP contribution in [0.5, 0.6) is 5.75 Å². The highest BCUT2D eigenvalue weighted by Gasteiger charge is 2.12. The van der Waals surface area contributed by atoms with Gasteiger partial charge in [-0.15, -0.1) is 6.58 Å². The number of anilines is 2. The summed E-state index contributed by atoms with van der Waals surface area (Å²) < 4.78 is 5.74. The molecule has 0 fully saturated rings. The molecule has 7 heteroatoms. The summed E-state index contributed by atoms with van der Waals surface area (Å²) in [6.07, 6.45) is 1.60. The highest BCUT2D eigenvalue weighted by molar-refractivity contribution is 6.06. The van der Waals surface area contributed by atoms with Crippen LogP contribution in [0.1, 0.15) is 10.4 Å². The van der Waals surface area contributed by atoms with Crippen LogP contribution in [-0.2, 0) is 0 Å². The average Bonchev–Trinajstić information content (AvgIpc) is 2.68. The summed E-state index contributed by atoms with van der Waals surface area (Å²) in [5.74, 6) is 0.281. The van der Waals surface area contributed by atoms with Gasteiger partial charge in [-0.3, -0.25) is 4.79 Å². The molecule has 28 heavy (non-hydrogen) atoms. The molecule has 0 unspecified atom stereocenters. The zero-order valence-electron chi connectivity index (χ0n) is 16.2. The maximum Gasteiger partial charge on any atom is 0.319 e. The lowest BCUT2D eigenvalue weighted by atomic mass is 10.2. The Kier molecular flexibility index (Phi) is 8.05. The number of nitrogens with one attached hydrogen (secondary N) is 3. The molecule has 0 aliphatic rings. The van der Waals surface area contributed by atoms with E-state index in [0.717, 1.165) is 6.54 Å². The van der Waals surface area contributed by atoms with Crippen LogP contribution in [0.25, 0.3) is 0 Å². The summed E-state index contributed by atoms with van der Waals surface area (Å²) in [5, 5.41) is 8.16. The maximum absolute atomic E-state index is 12.6. The van der Waals surface area contributed by atoms with E-state index in [9.17, 15) is 9.59 Å². The van der Waals surface area contributed by atoms with Gasteiger partial charge in [-0.25, -0.2) is 4.79 Å². The molecule has 0 radical (unpaired) electrons. The van der Waals surface area contributed by atoms with E-state index in [1.807, 2.05) is 25.1 Å². The number of ether oxygens (including phenoxy) is 1. The monoisotopic (exact) mass is 382 g/mol. The predicted octanol–water partition coefficient (Wildman–Crippen LogP) is 3.19. The van der Waals surface area contributed by atoms with Crippen molar-refractivity contribution in [3.8, 4) is 5.75 Å². The largest absolute Gasteiger partial charge is 0.491 e. The number of amides is 3. The third-order valence-electron chi connectivity index (χ3n) is 3.74. The number of hydrogen-bond donors (Lipinski definition) is 3. The third-order valence-corrected chi connectivity index (χ3v) is 3.74. The van der Waals surface area contributed by atoms with Crippen molar-refractivity contribution in [3.63, 3.8) is 0 Å². The summed E-state index contributed by atoms with van der Waals surface area (Å²) in [5.41, 5.74) is 1.70. The second kappa shape index (κ2) is 10.7. The summed E-state index contributed by atoms with van der Waals surface area (Å²) in [4.78, 5) is 26.3. The van der Waals surface area contributed by atoms with E-state index in [-0.39, 0.29) is 11.9 Å². The van der Waals surface area contributed by atoms with Crippen molar-refractivity contribution in [1.29, 1.82) is 0 Å². The van der Waals surface area contributed by atoms with Crippen molar-refractivity contribution in [3.05, 3.63) is 66.7 Å². The topological polar surface area (TPSA) is 82.7 Å². The molecule has 0 bridgehead atoms. The van der Waals surface area contributed by atoms with Crippen LogP contribution in [0.3, 0.4) is 0 Å². The van der Waals surface area contributed by atoms with Gasteiger partial charge in [-0.05, 0) is 50.5 Å². The third kappa shape index (κ3) is 6.77. The van der Waals surface area contributed by atoms with Crippen LogP contribution >= 0.6 is 0 Å². The molecule has 3 amide bonds. The predicted molar refractivity (Wildman–Crippen MR) is 112 cm³/mol. The van der Waals surface area contributed by atoms with E-state index in [2.05, 4.69) is 22.5 Å². The number of carbonyl (C=O) groups excluding carboxylic acids is 2. The zero-order chi connectivity index (χ0) is 20.4. The molecule has 0 aromatic heterocycles. The van der Waals surface area contributed by atoms with Gasteiger partial charge in [-0.1, -0.05) is 18.2 Å². The van der Waals surface area contributed by atoms with Gasteiger partial charge < -0.3 is 25.6 Å². The summed E-state index contributed by atoms with van der Waals surface area (Å²) >= 11 is 0. The SMILES string of the molecule is C=CCNC(=O)Nc1ccc(NC(=O)c2ccccc2OCCN(C)C)cc1. The summed E-state index contributed by atoms with van der Waals surface area (Å²) in [6.45, 7) is 5.17. The minimum Gasteiger partial charge on any atom is -0.491 e. The van der Waals surface area contributed by atoms with Crippen LogP contribution in [0.4, 0.5) is 16.2 Å². The zero-order valence-corrected chi connectivity index (χ0v) is 16.2. The van der Waals surface area contributed by atoms with E-state index >= 15 is 0 Å². The van der Waals surface area contributed by atoms with Crippen molar-refractivity contribution in [2.75, 3.05) is 44.4 Å². The van der Waals surface area contributed by atoms with Gasteiger partial charge in [0.2, 0.25) is 0 Å². The molecule has 2 aromatic rings. The fraction of sp³-hybridized carbons (Fsp3) is 0.238. The number of hydrogen-bond acceptors (Lipinski definition) is 4. The molecule has 0 spiro atoms. The summed E-state index contributed by atoms with van der Waals surface area (Å²) in [6, 6.07) is 13.7. The van der Waals surface area contributed by atoms with Crippen molar-refractivity contribution in [1.82, 2.24) is 10.2 Å². The Morgan fingerprint density at radius 1 is 1.04 bits per heavy atom. The summed E-state index contributed by atoms with van der Waals surface area (Å²) in [7, 11) is 3.92. The molecule has 0 aliphatic heterocycles. The van der Waals surface area contributed by atoms with Crippen LogP contribution in [0.15, 0.2) is 61.2 Å². The van der Waals surface area contributed by atoms with Crippen LogP contribution in [-0.4, -0.2) is 50.6 Å². The van der Waals surface area contributed by atoms with Crippen molar-refractivity contribution >= 4 is 23.3 Å². The van der Waals surface area contributed by atoms with Crippen LogP contribution in [0, 0.1) is 0 Å². The van der Waals surface area contributed by atoms with Gasteiger partial charge in [0.05, 0.1) is 5.56 Å². The molecule has 3 N–H and O–H groups in total. The highest BCUT2D eigenvalue weighted by atomic mass is 16.5. The second-order valence-corrected chi connectivity index (χ2v) is 6.30. The quantitative estimate of drug-likeness (QED) is 0.582. The normalized spacial score (nSPS) is 10.2. The standard InChI is InChI=1S/C21H26N4O3/c1-4-13-22-21(27)24-17-11-9-16(10-12-17)23-20(26)18-7-5-6-8-19(18)28-15-14-25(2)3/h4-12H,1,13-15H2,2-3H3,(H,23,26)(H2,22,24,27). The molecular weight excluding hydrogens is 356 g/mol. The molecule has 2 rings (SSSR count). The Labute approximate surface area is 165 Å². The molecule has 0 atom stereocenters. The van der Waals surface area contributed by atoms with E-state index < -0.39 is 0 Å². The lowest BCUT2D eigenvalue weighted by molar-refractivity contribution is 0.102. The van der Waals surface area contributed by atoms with E-state index in [0.29, 0.717) is 35.8 Å². The molecular formula is C21H26N4O3. The fourth-order valence-electron chi connectivity index (χ4n) is 2.29. The van der Waals surface area contributed by atoms with E-state index in [4.69, 9.17) is 4.74 Å². The first kappa shape index (κ1) is 21.0. The molecule has 0 saturated heterocycles. The first-order valence-corrected chi connectivity index (χ1v) is 8.93. The van der Waals surface area contributed by atoms with Crippen LogP contribution in [0.2, 0.25) is 0 Å². The van der Waals surface area contributed by atoms with Crippen molar-refractivity contribution < 1.29 is 14.3 Å². The van der Waals surface area contributed by atoms with Gasteiger partial charge >= 0.3 is 6.03 Å². The number of likely N-dealkylation sites (N-methyl/N-ethyl adjacent to an activating group) is 1. The van der Waals surface area contributed by atoms with Gasteiger partial charge in [0.1, 0.15) is 12.4 Å². The number of carbonyl (C=O) groups is 2. The highest BCUT2D eigenvalue weighted by Crippen LogP contribution is 2.20. The molecule has 2 aromatic carbocycles. The molecule has 7 nitrogen and oxygen atoms in total. The van der Waals surface area contributed by atoms with Gasteiger partial charge in [0.15, 0.2) is 0 Å². The lowest BCUT2D eigenvalue weighted by Gasteiger charge is -2.14. The van der Waals surface area contributed by atoms with Gasteiger partial charge in [-0.2, -0.15) is 0 Å². The molecule has 0 saturated carbocycles. The molecule has 148 valence electrons. The smallest absolute Gasteiger partial charge is 0.319 e. The Morgan fingerprint density at radius 3 is 2.32 bits per heavy atom. The minimum absolute atomic E-state index is 0.259. The number of urea groups is 1. The lowest BCUT2D eigenvalue weighted by Crippen LogP contribution is -2.28. The first-order valence-electron chi connectivity index (χ1n) is 8.93. The number of benzene rings is 2. The van der Waals surface area contributed by atoms with E-state index in [1.54, 1.807) is 48.5 Å². The molecule has 0 heterocycles. The van der Waals surface area contributed by atoms with Gasteiger partial charge in [0.25, 0.3) is 5.91 Å². The fourth-order valence-corrected chi connectivity index (χ4v) is 2.29. The van der Waals surface area contributed by atoms with Crippen molar-refractivity contribution in [2.45, 2.75) is 0 Å².